The van der Waals surface area contributed by atoms with E-state index in [9.17, 15) is 13.2 Å². The number of rotatable bonds is 3. The third-order valence-corrected chi connectivity index (χ3v) is 8.60. The second-order valence-electron chi connectivity index (χ2n) is 8.58. The van der Waals surface area contributed by atoms with E-state index in [1.54, 1.807) is 34.2 Å². The van der Waals surface area contributed by atoms with E-state index in [0.717, 1.165) is 11.3 Å². The van der Waals surface area contributed by atoms with Crippen molar-refractivity contribution in [2.45, 2.75) is 43.1 Å². The molecule has 5 rings (SSSR count). The maximum atomic E-state index is 15.7. The summed E-state index contributed by atoms with van der Waals surface area (Å²) in [6.45, 7) is 3.15. The van der Waals surface area contributed by atoms with E-state index in [1.807, 2.05) is 0 Å². The Bertz CT molecular complexity index is 1160. The fourth-order valence-corrected chi connectivity index (χ4v) is 6.58. The molecule has 0 N–H and O–H groups in total. The number of nitrogens with zero attached hydrogens (tertiary/aromatic N) is 5. The van der Waals surface area contributed by atoms with E-state index in [4.69, 9.17) is 4.74 Å². The van der Waals surface area contributed by atoms with Gasteiger partial charge in [-0.25, -0.2) is 22.8 Å². The molecule has 1 amide bonds. The van der Waals surface area contributed by atoms with Gasteiger partial charge in [0.2, 0.25) is 21.9 Å². The van der Waals surface area contributed by atoms with Crippen molar-refractivity contribution in [2.24, 2.45) is 0 Å². The number of amides is 1. The van der Waals surface area contributed by atoms with Crippen LogP contribution in [0, 0.1) is 0 Å². The molecule has 3 aliphatic heterocycles. The summed E-state index contributed by atoms with van der Waals surface area (Å²) in [6.07, 6.45) is 0.912. The minimum absolute atomic E-state index is 0.0119. The molecule has 0 bridgehead atoms. The molecule has 9 nitrogen and oxygen atoms in total. The number of halogens is 1. The van der Waals surface area contributed by atoms with Gasteiger partial charge >= 0.3 is 0 Å². The second-order valence-corrected chi connectivity index (χ2v) is 10.4. The van der Waals surface area contributed by atoms with Crippen LogP contribution in [0.15, 0.2) is 41.4 Å². The predicted molar refractivity (Wildman–Crippen MR) is 118 cm³/mol. The zero-order valence-electron chi connectivity index (χ0n) is 18.4. The summed E-state index contributed by atoms with van der Waals surface area (Å²) in [5.41, 5.74) is 0.227. The molecule has 176 valence electrons. The fourth-order valence-electron chi connectivity index (χ4n) is 4.84. The van der Waals surface area contributed by atoms with Crippen LogP contribution < -0.4 is 4.90 Å². The predicted octanol–water partition coefficient (Wildman–Crippen LogP) is 1.35. The summed E-state index contributed by atoms with van der Waals surface area (Å²) >= 11 is 0. The van der Waals surface area contributed by atoms with E-state index < -0.39 is 21.9 Å². The van der Waals surface area contributed by atoms with Gasteiger partial charge in [0.15, 0.2) is 11.9 Å². The summed E-state index contributed by atoms with van der Waals surface area (Å²) in [4.78, 5) is 24.3. The summed E-state index contributed by atoms with van der Waals surface area (Å²) in [7, 11) is -3.90. The first kappa shape index (κ1) is 22.2. The van der Waals surface area contributed by atoms with E-state index in [1.165, 1.54) is 23.4 Å². The minimum Gasteiger partial charge on any atom is -0.355 e. The maximum Gasteiger partial charge on any atom is 0.245 e. The number of carbonyl (C=O) groups is 1. The average Bonchev–Trinajstić information content (AvgIpc) is 3.26. The number of hydrogen-bond acceptors (Lipinski definition) is 7. The second kappa shape index (κ2) is 8.30. The quantitative estimate of drug-likeness (QED) is 0.661. The Balaban J connectivity index is 1.36. The lowest BCUT2D eigenvalue weighted by Crippen LogP contribution is -2.62. The number of sulfonamides is 1. The van der Waals surface area contributed by atoms with Crippen LogP contribution in [0.25, 0.3) is 0 Å². The number of hydrogen-bond donors (Lipinski definition) is 0. The molecule has 2 fully saturated rings. The third kappa shape index (κ3) is 3.77. The molecule has 2 aromatic rings. The monoisotopic (exact) mass is 475 g/mol. The molecule has 0 saturated carbocycles. The van der Waals surface area contributed by atoms with Crippen LogP contribution in [0.2, 0.25) is 0 Å². The average molecular weight is 476 g/mol. The van der Waals surface area contributed by atoms with Gasteiger partial charge in [0.05, 0.1) is 23.7 Å². The molecular weight excluding hydrogens is 449 g/mol. The maximum absolute atomic E-state index is 15.7. The number of carbonyl (C=O) groups excluding carboxylic acids is 1. The normalized spacial score (nSPS) is 25.9. The first-order valence-corrected chi connectivity index (χ1v) is 12.5. The molecule has 1 aromatic carbocycles. The Morgan fingerprint density at radius 1 is 1.21 bits per heavy atom. The molecule has 1 spiro atoms. The minimum atomic E-state index is -3.90. The van der Waals surface area contributed by atoms with Gasteiger partial charge in [0.25, 0.3) is 0 Å². The third-order valence-electron chi connectivity index (χ3n) is 6.66. The molecular formula is C22H26FN5O4S. The van der Waals surface area contributed by atoms with E-state index >= 15 is 4.39 Å². The number of fused-ring (bicyclic) bond motifs is 1. The van der Waals surface area contributed by atoms with Gasteiger partial charge in [-0.3, -0.25) is 4.79 Å². The molecule has 33 heavy (non-hydrogen) atoms. The molecule has 4 heterocycles. The highest BCUT2D eigenvalue weighted by Gasteiger charge is 2.57. The lowest BCUT2D eigenvalue weighted by Gasteiger charge is -2.45. The lowest BCUT2D eigenvalue weighted by atomic mass is 9.99. The van der Waals surface area contributed by atoms with Crippen molar-refractivity contribution < 1.29 is 22.3 Å². The standard InChI is InChI=1S/C22H26FN5O4S/c1-16(29)26-9-7-19-17(14-26)13-24-21(25-19)27-10-8-22(20(23)15-27)28(11-12-32-22)33(30,31)18-5-3-2-4-6-18/h2-6,13,20H,7-12,14-15H2,1H3. The van der Waals surface area contributed by atoms with Gasteiger partial charge in [0.1, 0.15) is 0 Å². The fraction of sp³-hybridized carbons (Fsp3) is 0.500. The van der Waals surface area contributed by atoms with Crippen LogP contribution in [0.4, 0.5) is 10.3 Å². The van der Waals surface area contributed by atoms with Gasteiger partial charge in [0, 0.05) is 57.7 Å². The molecule has 2 atom stereocenters. The Hall–Kier alpha value is -2.63. The highest BCUT2D eigenvalue weighted by Crippen LogP contribution is 2.40. The van der Waals surface area contributed by atoms with Gasteiger partial charge in [-0.05, 0) is 12.1 Å². The molecule has 0 aliphatic carbocycles. The van der Waals surface area contributed by atoms with Crippen LogP contribution >= 0.6 is 0 Å². The van der Waals surface area contributed by atoms with Crippen molar-refractivity contribution in [1.82, 2.24) is 19.2 Å². The first-order chi connectivity index (χ1) is 15.8. The zero-order chi connectivity index (χ0) is 23.2. The van der Waals surface area contributed by atoms with E-state index in [0.29, 0.717) is 32.0 Å². The number of aromatic nitrogens is 2. The highest BCUT2D eigenvalue weighted by molar-refractivity contribution is 7.89. The van der Waals surface area contributed by atoms with Crippen LogP contribution in [-0.2, 0) is 32.5 Å². The van der Waals surface area contributed by atoms with E-state index in [-0.39, 0.29) is 36.9 Å². The lowest BCUT2D eigenvalue weighted by molar-refractivity contribution is -0.129. The van der Waals surface area contributed by atoms with E-state index in [2.05, 4.69) is 9.97 Å². The number of piperidine rings is 1. The largest absolute Gasteiger partial charge is 0.355 e. The summed E-state index contributed by atoms with van der Waals surface area (Å²) in [5.74, 6) is 0.427. The number of alkyl halides is 1. The first-order valence-electron chi connectivity index (χ1n) is 11.0. The van der Waals surface area contributed by atoms with Crippen LogP contribution in [-0.4, -0.2) is 78.2 Å². The summed E-state index contributed by atoms with van der Waals surface area (Å²) in [6, 6.07) is 8.06. The molecule has 2 unspecified atom stereocenters. The zero-order valence-corrected chi connectivity index (χ0v) is 19.2. The SMILES string of the molecule is CC(=O)N1CCc2nc(N3CCC4(OCCN4S(=O)(=O)c4ccccc4)C(F)C3)ncc2C1. The van der Waals surface area contributed by atoms with Crippen molar-refractivity contribution >= 4 is 21.9 Å². The Kier molecular flexibility index (Phi) is 5.58. The van der Waals surface area contributed by atoms with Gasteiger partial charge in [-0.1, -0.05) is 18.2 Å². The van der Waals surface area contributed by atoms with Gasteiger partial charge in [-0.2, -0.15) is 4.31 Å². The molecule has 1 aromatic heterocycles. The molecule has 3 aliphatic rings. The smallest absolute Gasteiger partial charge is 0.245 e. The number of benzene rings is 1. The molecule has 11 heteroatoms. The van der Waals surface area contributed by atoms with Gasteiger partial charge in [-0.15, -0.1) is 0 Å². The van der Waals surface area contributed by atoms with Crippen molar-refractivity contribution in [3.8, 4) is 0 Å². The van der Waals surface area contributed by atoms with Crippen LogP contribution in [0.1, 0.15) is 24.6 Å². The summed E-state index contributed by atoms with van der Waals surface area (Å²) in [5, 5.41) is 0. The van der Waals surface area contributed by atoms with Crippen molar-refractivity contribution in [3.63, 3.8) is 0 Å². The number of ether oxygens (including phenoxy) is 1. The van der Waals surface area contributed by atoms with Crippen molar-refractivity contribution in [3.05, 3.63) is 47.8 Å². The Labute approximate surface area is 192 Å². The van der Waals surface area contributed by atoms with Crippen molar-refractivity contribution in [2.75, 3.05) is 37.7 Å². The summed E-state index contributed by atoms with van der Waals surface area (Å²) < 4.78 is 49.2. The Morgan fingerprint density at radius 3 is 2.73 bits per heavy atom. The topological polar surface area (TPSA) is 95.9 Å². The molecule has 0 radical (unpaired) electrons. The number of anilines is 1. The highest BCUT2D eigenvalue weighted by atomic mass is 32.2. The van der Waals surface area contributed by atoms with Crippen LogP contribution in [0.3, 0.4) is 0 Å². The molecule has 2 saturated heterocycles. The van der Waals surface area contributed by atoms with Crippen LogP contribution in [0.5, 0.6) is 0 Å². The Morgan fingerprint density at radius 2 is 2.00 bits per heavy atom. The van der Waals surface area contributed by atoms with Crippen molar-refractivity contribution in [1.29, 1.82) is 0 Å². The van der Waals surface area contributed by atoms with Gasteiger partial charge < -0.3 is 14.5 Å².